The standard InChI is InChI=1S/C11H13Cl2N/c1-7-4-11(14-6-7)9-5-8(12)2-3-10(9)13/h2-3,5,7,11,14H,4,6H2,1H3/t7-,11+/m1/s1. The molecule has 0 aliphatic carbocycles. The second kappa shape index (κ2) is 4.09. The third-order valence-electron chi connectivity index (χ3n) is 2.68. The Balaban J connectivity index is 2.27. The molecule has 76 valence electrons. The van der Waals surface area contributed by atoms with Crippen LogP contribution in [-0.2, 0) is 0 Å². The van der Waals surface area contributed by atoms with Gasteiger partial charge in [-0.15, -0.1) is 0 Å². The lowest BCUT2D eigenvalue weighted by molar-refractivity contribution is 0.612. The molecule has 0 amide bonds. The topological polar surface area (TPSA) is 12.0 Å². The highest BCUT2D eigenvalue weighted by atomic mass is 35.5. The van der Waals surface area contributed by atoms with Crippen LogP contribution in [0.3, 0.4) is 0 Å². The number of rotatable bonds is 1. The highest BCUT2D eigenvalue weighted by Crippen LogP contribution is 2.33. The van der Waals surface area contributed by atoms with Gasteiger partial charge in [-0.25, -0.2) is 0 Å². The van der Waals surface area contributed by atoms with E-state index in [4.69, 9.17) is 23.2 Å². The molecule has 2 rings (SSSR count). The van der Waals surface area contributed by atoms with Gasteiger partial charge in [0.15, 0.2) is 0 Å². The van der Waals surface area contributed by atoms with Crippen LogP contribution in [0.2, 0.25) is 10.0 Å². The van der Waals surface area contributed by atoms with Crippen LogP contribution in [0.15, 0.2) is 18.2 Å². The molecule has 1 heterocycles. The van der Waals surface area contributed by atoms with Crippen molar-refractivity contribution in [1.29, 1.82) is 0 Å². The van der Waals surface area contributed by atoms with E-state index in [-0.39, 0.29) is 0 Å². The molecule has 1 N–H and O–H groups in total. The first-order valence-electron chi connectivity index (χ1n) is 4.85. The first-order valence-corrected chi connectivity index (χ1v) is 5.60. The van der Waals surface area contributed by atoms with Crippen LogP contribution in [0.25, 0.3) is 0 Å². The summed E-state index contributed by atoms with van der Waals surface area (Å²) < 4.78 is 0. The molecule has 14 heavy (non-hydrogen) atoms. The van der Waals surface area contributed by atoms with Crippen molar-refractivity contribution in [3.8, 4) is 0 Å². The third kappa shape index (κ3) is 2.05. The zero-order chi connectivity index (χ0) is 10.1. The van der Waals surface area contributed by atoms with E-state index in [2.05, 4.69) is 12.2 Å². The van der Waals surface area contributed by atoms with Crippen molar-refractivity contribution in [2.24, 2.45) is 5.92 Å². The Bertz CT molecular complexity index is 338. The molecule has 1 aliphatic rings. The maximum Gasteiger partial charge on any atom is 0.0454 e. The van der Waals surface area contributed by atoms with Gasteiger partial charge >= 0.3 is 0 Å². The monoisotopic (exact) mass is 229 g/mol. The van der Waals surface area contributed by atoms with Crippen LogP contribution in [0.5, 0.6) is 0 Å². The SMILES string of the molecule is C[C@H]1CN[C@H](c2cc(Cl)ccc2Cl)C1. The van der Waals surface area contributed by atoms with Crippen LogP contribution in [0.4, 0.5) is 0 Å². The van der Waals surface area contributed by atoms with E-state index in [0.29, 0.717) is 6.04 Å². The zero-order valence-electron chi connectivity index (χ0n) is 8.06. The average Bonchev–Trinajstić information content (AvgIpc) is 2.56. The zero-order valence-corrected chi connectivity index (χ0v) is 9.57. The third-order valence-corrected chi connectivity index (χ3v) is 3.26. The quantitative estimate of drug-likeness (QED) is 0.776. The summed E-state index contributed by atoms with van der Waals surface area (Å²) in [5.74, 6) is 0.718. The van der Waals surface area contributed by atoms with Crippen molar-refractivity contribution in [1.82, 2.24) is 5.32 Å². The van der Waals surface area contributed by atoms with Gasteiger partial charge in [-0.1, -0.05) is 30.1 Å². The molecule has 1 aromatic carbocycles. The lowest BCUT2D eigenvalue weighted by Crippen LogP contribution is -2.13. The number of hydrogen-bond donors (Lipinski definition) is 1. The highest BCUT2D eigenvalue weighted by molar-refractivity contribution is 6.33. The molecule has 1 aliphatic heterocycles. The van der Waals surface area contributed by atoms with E-state index in [0.717, 1.165) is 34.5 Å². The number of benzene rings is 1. The Morgan fingerprint density at radius 2 is 2.14 bits per heavy atom. The van der Waals surface area contributed by atoms with Crippen molar-refractivity contribution < 1.29 is 0 Å². The van der Waals surface area contributed by atoms with E-state index < -0.39 is 0 Å². The Kier molecular flexibility index (Phi) is 3.01. The molecule has 1 nitrogen and oxygen atoms in total. The molecule has 3 heteroatoms. The van der Waals surface area contributed by atoms with Crippen LogP contribution < -0.4 is 5.32 Å². The molecule has 0 radical (unpaired) electrons. The average molecular weight is 230 g/mol. The maximum absolute atomic E-state index is 6.13. The minimum Gasteiger partial charge on any atom is -0.310 e. The lowest BCUT2D eigenvalue weighted by Gasteiger charge is -2.12. The first-order chi connectivity index (χ1) is 6.66. The molecule has 1 saturated heterocycles. The summed E-state index contributed by atoms with van der Waals surface area (Å²) in [6.45, 7) is 3.30. The van der Waals surface area contributed by atoms with Gasteiger partial charge in [0.05, 0.1) is 0 Å². The van der Waals surface area contributed by atoms with E-state index in [1.54, 1.807) is 0 Å². The van der Waals surface area contributed by atoms with Gasteiger partial charge in [-0.2, -0.15) is 0 Å². The fourth-order valence-electron chi connectivity index (χ4n) is 1.93. The predicted octanol–water partition coefficient (Wildman–Crippen LogP) is 3.66. The Morgan fingerprint density at radius 3 is 2.79 bits per heavy atom. The van der Waals surface area contributed by atoms with Crippen molar-refractivity contribution >= 4 is 23.2 Å². The Hall–Kier alpha value is -0.240. The van der Waals surface area contributed by atoms with Gasteiger partial charge in [0.1, 0.15) is 0 Å². The van der Waals surface area contributed by atoms with Crippen LogP contribution in [-0.4, -0.2) is 6.54 Å². The van der Waals surface area contributed by atoms with E-state index >= 15 is 0 Å². The Morgan fingerprint density at radius 1 is 1.36 bits per heavy atom. The van der Waals surface area contributed by atoms with Gasteiger partial charge in [-0.05, 0) is 42.6 Å². The smallest absolute Gasteiger partial charge is 0.0454 e. The molecule has 0 aromatic heterocycles. The molecule has 0 bridgehead atoms. The molecule has 0 spiro atoms. The molecule has 1 fully saturated rings. The summed E-state index contributed by atoms with van der Waals surface area (Å²) >= 11 is 12.1. The first kappa shape index (κ1) is 10.3. The number of hydrogen-bond acceptors (Lipinski definition) is 1. The minimum absolute atomic E-state index is 0.371. The summed E-state index contributed by atoms with van der Waals surface area (Å²) in [4.78, 5) is 0. The Labute approximate surface area is 94.4 Å². The van der Waals surface area contributed by atoms with Crippen molar-refractivity contribution in [2.45, 2.75) is 19.4 Å². The van der Waals surface area contributed by atoms with Crippen LogP contribution >= 0.6 is 23.2 Å². The predicted molar refractivity (Wildman–Crippen MR) is 61.0 cm³/mol. The maximum atomic E-state index is 6.13. The fourth-order valence-corrected chi connectivity index (χ4v) is 2.36. The highest BCUT2D eigenvalue weighted by Gasteiger charge is 2.23. The van der Waals surface area contributed by atoms with Gasteiger partial charge in [-0.3, -0.25) is 0 Å². The normalized spacial score (nSPS) is 26.8. The summed E-state index contributed by atoms with van der Waals surface area (Å²) in [5.41, 5.74) is 1.13. The van der Waals surface area contributed by atoms with Gasteiger partial charge < -0.3 is 5.32 Å². The summed E-state index contributed by atoms with van der Waals surface area (Å²) in [6.07, 6.45) is 1.14. The lowest BCUT2D eigenvalue weighted by atomic mass is 10.0. The van der Waals surface area contributed by atoms with Crippen LogP contribution in [0.1, 0.15) is 24.9 Å². The minimum atomic E-state index is 0.371. The molecule has 2 atom stereocenters. The fraction of sp³-hybridized carbons (Fsp3) is 0.455. The molecular formula is C11H13Cl2N. The van der Waals surface area contributed by atoms with Crippen molar-refractivity contribution in [3.05, 3.63) is 33.8 Å². The van der Waals surface area contributed by atoms with E-state index in [9.17, 15) is 0 Å². The molecular weight excluding hydrogens is 217 g/mol. The molecule has 0 unspecified atom stereocenters. The van der Waals surface area contributed by atoms with Gasteiger partial charge in [0.25, 0.3) is 0 Å². The second-order valence-corrected chi connectivity index (χ2v) is 4.81. The van der Waals surface area contributed by atoms with Gasteiger partial charge in [0.2, 0.25) is 0 Å². The second-order valence-electron chi connectivity index (χ2n) is 3.97. The summed E-state index contributed by atoms with van der Waals surface area (Å²) in [7, 11) is 0. The van der Waals surface area contributed by atoms with Crippen molar-refractivity contribution in [2.75, 3.05) is 6.54 Å². The van der Waals surface area contributed by atoms with E-state index in [1.165, 1.54) is 0 Å². The summed E-state index contributed by atoms with van der Waals surface area (Å²) in [6, 6.07) is 6.02. The van der Waals surface area contributed by atoms with Gasteiger partial charge in [0, 0.05) is 16.1 Å². The van der Waals surface area contributed by atoms with Crippen molar-refractivity contribution in [3.63, 3.8) is 0 Å². The number of nitrogens with one attached hydrogen (secondary N) is 1. The molecule has 1 aromatic rings. The summed E-state index contributed by atoms with van der Waals surface area (Å²) in [5, 5.41) is 5.01. The van der Waals surface area contributed by atoms with Crippen LogP contribution in [0, 0.1) is 5.92 Å². The molecule has 0 saturated carbocycles. The van der Waals surface area contributed by atoms with E-state index in [1.807, 2.05) is 18.2 Å². The number of halogens is 2. The largest absolute Gasteiger partial charge is 0.310 e.